The largest absolute Gasteiger partial charge is 0.497 e. The molecule has 0 saturated carbocycles. The lowest BCUT2D eigenvalue weighted by Crippen LogP contribution is -2.14. The number of carbonyl (C=O) groups excluding carboxylic acids is 1. The number of amides is 1. The molecule has 2 heterocycles. The number of ether oxygens (including phenoxy) is 2. The van der Waals surface area contributed by atoms with Crippen molar-refractivity contribution in [1.82, 2.24) is 9.97 Å². The Morgan fingerprint density at radius 2 is 2.12 bits per heavy atom. The van der Waals surface area contributed by atoms with Gasteiger partial charge in [0, 0.05) is 28.9 Å². The topological polar surface area (TPSA) is 73.3 Å². The van der Waals surface area contributed by atoms with E-state index >= 15 is 0 Å². The van der Waals surface area contributed by atoms with Crippen molar-refractivity contribution < 1.29 is 14.3 Å². The maximum absolute atomic E-state index is 12.3. The van der Waals surface area contributed by atoms with Gasteiger partial charge in [0.25, 0.3) is 0 Å². The summed E-state index contributed by atoms with van der Waals surface area (Å²) >= 11 is 1.37. The fraction of sp³-hybridized carbons (Fsp3) is 0.167. The first-order valence-electron chi connectivity index (χ1n) is 7.56. The average molecular weight is 355 g/mol. The second-order valence-electron chi connectivity index (χ2n) is 5.18. The molecule has 0 radical (unpaired) electrons. The van der Waals surface area contributed by atoms with Crippen LogP contribution in [0.4, 0.5) is 5.13 Å². The third-order valence-corrected chi connectivity index (χ3v) is 4.30. The van der Waals surface area contributed by atoms with E-state index in [4.69, 9.17) is 9.47 Å². The predicted octanol–water partition coefficient (Wildman–Crippen LogP) is 3.40. The van der Waals surface area contributed by atoms with Crippen LogP contribution in [0.5, 0.6) is 11.5 Å². The molecule has 0 unspecified atom stereocenters. The molecule has 0 atom stereocenters. The molecule has 0 aliphatic carbocycles. The number of anilines is 1. The first-order valence-corrected chi connectivity index (χ1v) is 8.44. The van der Waals surface area contributed by atoms with Gasteiger partial charge >= 0.3 is 0 Å². The number of carbonyl (C=O) groups is 1. The van der Waals surface area contributed by atoms with E-state index in [0.29, 0.717) is 16.6 Å². The smallest absolute Gasteiger partial charge is 0.230 e. The Morgan fingerprint density at radius 1 is 1.24 bits per heavy atom. The number of hydrogen-bond donors (Lipinski definition) is 1. The molecule has 0 aliphatic rings. The summed E-state index contributed by atoms with van der Waals surface area (Å²) in [6.07, 6.45) is 3.62. The van der Waals surface area contributed by atoms with E-state index in [1.807, 2.05) is 17.5 Å². The summed E-state index contributed by atoms with van der Waals surface area (Å²) < 4.78 is 10.5. The molecule has 1 aromatic carbocycles. The van der Waals surface area contributed by atoms with E-state index in [0.717, 1.165) is 16.8 Å². The van der Waals surface area contributed by atoms with Crippen LogP contribution in [0.2, 0.25) is 0 Å². The van der Waals surface area contributed by atoms with Crippen LogP contribution in [0.3, 0.4) is 0 Å². The van der Waals surface area contributed by atoms with Crippen LogP contribution >= 0.6 is 11.3 Å². The summed E-state index contributed by atoms with van der Waals surface area (Å²) in [6, 6.07) is 9.14. The number of methoxy groups -OCH3 is 2. The van der Waals surface area contributed by atoms with Crippen molar-refractivity contribution in [1.29, 1.82) is 0 Å². The monoisotopic (exact) mass is 355 g/mol. The number of aromatic nitrogens is 2. The minimum Gasteiger partial charge on any atom is -0.497 e. The summed E-state index contributed by atoms with van der Waals surface area (Å²) in [5.41, 5.74) is 2.45. The highest BCUT2D eigenvalue weighted by Gasteiger charge is 2.12. The second kappa shape index (κ2) is 7.76. The Labute approximate surface area is 149 Å². The zero-order valence-electron chi connectivity index (χ0n) is 13.9. The zero-order chi connectivity index (χ0) is 17.6. The van der Waals surface area contributed by atoms with Gasteiger partial charge in [-0.1, -0.05) is 0 Å². The predicted molar refractivity (Wildman–Crippen MR) is 97.2 cm³/mol. The number of thiazole rings is 1. The highest BCUT2D eigenvalue weighted by molar-refractivity contribution is 7.14. The van der Waals surface area contributed by atoms with Crippen molar-refractivity contribution in [3.05, 3.63) is 53.7 Å². The molecule has 1 N–H and O–H groups in total. The summed E-state index contributed by atoms with van der Waals surface area (Å²) in [5, 5.41) is 5.26. The number of benzene rings is 1. The van der Waals surface area contributed by atoms with Crippen LogP contribution in [-0.2, 0) is 11.2 Å². The van der Waals surface area contributed by atoms with Gasteiger partial charge in [-0.15, -0.1) is 11.3 Å². The molecular weight excluding hydrogens is 338 g/mol. The molecule has 7 heteroatoms. The van der Waals surface area contributed by atoms with Crippen molar-refractivity contribution in [3.8, 4) is 22.8 Å². The Balaban J connectivity index is 1.70. The summed E-state index contributed by atoms with van der Waals surface area (Å²) in [4.78, 5) is 20.8. The van der Waals surface area contributed by atoms with Gasteiger partial charge in [0.05, 0.1) is 26.3 Å². The molecule has 3 aromatic rings. The van der Waals surface area contributed by atoms with Crippen molar-refractivity contribution in [2.24, 2.45) is 0 Å². The molecule has 128 valence electrons. The van der Waals surface area contributed by atoms with Crippen molar-refractivity contribution in [2.45, 2.75) is 6.42 Å². The Bertz CT molecular complexity index is 865. The van der Waals surface area contributed by atoms with Crippen LogP contribution in [-0.4, -0.2) is 30.1 Å². The van der Waals surface area contributed by atoms with Crippen LogP contribution < -0.4 is 14.8 Å². The Hall–Kier alpha value is -2.93. The molecule has 1 amide bonds. The maximum Gasteiger partial charge on any atom is 0.230 e. The van der Waals surface area contributed by atoms with Crippen molar-refractivity contribution in [2.75, 3.05) is 19.5 Å². The summed E-state index contributed by atoms with van der Waals surface area (Å²) in [5.74, 6) is 1.15. The molecular formula is C18H17N3O3S. The van der Waals surface area contributed by atoms with E-state index in [-0.39, 0.29) is 12.3 Å². The first-order chi connectivity index (χ1) is 12.2. The number of hydrogen-bond acceptors (Lipinski definition) is 6. The molecule has 6 nitrogen and oxygen atoms in total. The minimum absolute atomic E-state index is 0.168. The molecule has 25 heavy (non-hydrogen) atoms. The summed E-state index contributed by atoms with van der Waals surface area (Å²) in [6.45, 7) is 0. The molecule has 3 rings (SSSR count). The third kappa shape index (κ3) is 4.13. The van der Waals surface area contributed by atoms with Crippen molar-refractivity contribution in [3.63, 3.8) is 0 Å². The van der Waals surface area contributed by atoms with Gasteiger partial charge in [-0.2, -0.15) is 0 Å². The first kappa shape index (κ1) is 16.9. The summed E-state index contributed by atoms with van der Waals surface area (Å²) in [7, 11) is 3.16. The third-order valence-electron chi connectivity index (χ3n) is 3.55. The molecule has 0 fully saturated rings. The molecule has 0 aliphatic heterocycles. The van der Waals surface area contributed by atoms with Gasteiger partial charge in [0.2, 0.25) is 5.91 Å². The average Bonchev–Trinajstić information content (AvgIpc) is 3.10. The standard InChI is InChI=1S/C18H17N3O3S/c1-23-14-5-6-16(24-2)13(8-14)9-17(22)21-18-20-15(11-25-18)12-4-3-7-19-10-12/h3-8,10-11H,9H2,1-2H3,(H,20,21,22). The fourth-order valence-electron chi connectivity index (χ4n) is 2.33. The molecule has 0 bridgehead atoms. The highest BCUT2D eigenvalue weighted by Crippen LogP contribution is 2.26. The van der Waals surface area contributed by atoms with E-state index in [2.05, 4.69) is 15.3 Å². The molecule has 0 saturated heterocycles. The molecule has 0 spiro atoms. The van der Waals surface area contributed by atoms with Crippen LogP contribution in [0.1, 0.15) is 5.56 Å². The van der Waals surface area contributed by atoms with E-state index in [1.165, 1.54) is 11.3 Å². The maximum atomic E-state index is 12.3. The number of nitrogens with zero attached hydrogens (tertiary/aromatic N) is 2. The Kier molecular flexibility index (Phi) is 5.25. The van der Waals surface area contributed by atoms with Crippen LogP contribution in [0.25, 0.3) is 11.3 Å². The van der Waals surface area contributed by atoms with Gasteiger partial charge in [-0.25, -0.2) is 4.98 Å². The van der Waals surface area contributed by atoms with Gasteiger partial charge < -0.3 is 14.8 Å². The van der Waals surface area contributed by atoms with Gasteiger partial charge in [-0.05, 0) is 30.3 Å². The van der Waals surface area contributed by atoms with E-state index in [1.54, 1.807) is 44.8 Å². The van der Waals surface area contributed by atoms with Crippen LogP contribution in [0, 0.1) is 0 Å². The lowest BCUT2D eigenvalue weighted by atomic mass is 10.1. The fourth-order valence-corrected chi connectivity index (χ4v) is 3.07. The normalized spacial score (nSPS) is 10.3. The lowest BCUT2D eigenvalue weighted by molar-refractivity contribution is -0.115. The highest BCUT2D eigenvalue weighted by atomic mass is 32.1. The Morgan fingerprint density at radius 3 is 2.84 bits per heavy atom. The van der Waals surface area contributed by atoms with Crippen molar-refractivity contribution >= 4 is 22.4 Å². The zero-order valence-corrected chi connectivity index (χ0v) is 14.7. The number of rotatable bonds is 6. The number of nitrogens with one attached hydrogen (secondary N) is 1. The lowest BCUT2D eigenvalue weighted by Gasteiger charge is -2.10. The second-order valence-corrected chi connectivity index (χ2v) is 6.04. The van der Waals surface area contributed by atoms with Gasteiger partial charge in [0.15, 0.2) is 5.13 Å². The van der Waals surface area contributed by atoms with Gasteiger partial charge in [0.1, 0.15) is 11.5 Å². The van der Waals surface area contributed by atoms with E-state index < -0.39 is 0 Å². The number of pyridine rings is 1. The molecule has 2 aromatic heterocycles. The van der Waals surface area contributed by atoms with E-state index in [9.17, 15) is 4.79 Å². The van der Waals surface area contributed by atoms with Gasteiger partial charge in [-0.3, -0.25) is 9.78 Å². The SMILES string of the molecule is COc1ccc(OC)c(CC(=O)Nc2nc(-c3cccnc3)cs2)c1. The quantitative estimate of drug-likeness (QED) is 0.733. The van der Waals surface area contributed by atoms with Crippen LogP contribution in [0.15, 0.2) is 48.1 Å². The minimum atomic E-state index is -0.168.